The zero-order chi connectivity index (χ0) is 15.4. The van der Waals surface area contributed by atoms with Crippen LogP contribution in [0.25, 0.3) is 0 Å². The molecule has 0 saturated carbocycles. The van der Waals surface area contributed by atoms with Gasteiger partial charge in [-0.3, -0.25) is 0 Å². The van der Waals surface area contributed by atoms with E-state index >= 15 is 0 Å². The van der Waals surface area contributed by atoms with Gasteiger partial charge in [-0.25, -0.2) is 4.39 Å². The van der Waals surface area contributed by atoms with Gasteiger partial charge in [0.15, 0.2) is 0 Å². The van der Waals surface area contributed by atoms with Gasteiger partial charge in [-0.2, -0.15) is 0 Å². The van der Waals surface area contributed by atoms with Gasteiger partial charge in [0.25, 0.3) is 0 Å². The molecule has 4 heteroatoms. The molecule has 2 aromatic carbocycles. The molecule has 0 radical (unpaired) electrons. The van der Waals surface area contributed by atoms with Crippen LogP contribution in [0.4, 0.5) is 15.8 Å². The molecule has 2 rings (SSSR count). The van der Waals surface area contributed by atoms with Crippen molar-refractivity contribution in [3.63, 3.8) is 0 Å². The number of hydrogen-bond donors (Lipinski definition) is 1. The Morgan fingerprint density at radius 3 is 2.33 bits per heavy atom. The highest BCUT2D eigenvalue weighted by molar-refractivity contribution is 5.63. The Kier molecular flexibility index (Phi) is 4.68. The smallest absolute Gasteiger partial charge is 0.148 e. The van der Waals surface area contributed by atoms with Crippen molar-refractivity contribution in [3.05, 3.63) is 53.3 Å². The summed E-state index contributed by atoms with van der Waals surface area (Å²) in [6.45, 7) is 2.74. The number of nitrogens with zero attached hydrogens (tertiary/aromatic N) is 1. The van der Waals surface area contributed by atoms with Gasteiger partial charge in [-0.15, -0.1) is 0 Å². The maximum atomic E-state index is 14.1. The molecule has 21 heavy (non-hydrogen) atoms. The van der Waals surface area contributed by atoms with Crippen molar-refractivity contribution in [1.82, 2.24) is 0 Å². The van der Waals surface area contributed by atoms with Crippen molar-refractivity contribution in [2.24, 2.45) is 0 Å². The summed E-state index contributed by atoms with van der Waals surface area (Å²) < 4.78 is 19.2. The van der Waals surface area contributed by atoms with Crippen LogP contribution < -0.4 is 15.4 Å². The molecule has 0 amide bonds. The fraction of sp³-hybridized carbons (Fsp3) is 0.294. The summed E-state index contributed by atoms with van der Waals surface area (Å²) in [4.78, 5) is 1.85. The third-order valence-corrected chi connectivity index (χ3v) is 3.56. The molecule has 0 aliphatic carbocycles. The fourth-order valence-corrected chi connectivity index (χ4v) is 2.27. The van der Waals surface area contributed by atoms with Gasteiger partial charge in [0.2, 0.25) is 0 Å². The SMILES string of the molecule is CCc1ccc(CN(C)c2cc(OC)c(N)cc2F)cc1. The molecule has 2 aromatic rings. The predicted octanol–water partition coefficient (Wildman–Crippen LogP) is 3.62. The zero-order valence-corrected chi connectivity index (χ0v) is 12.7. The van der Waals surface area contributed by atoms with E-state index in [1.165, 1.54) is 18.7 Å². The number of hydrogen-bond acceptors (Lipinski definition) is 3. The van der Waals surface area contributed by atoms with Gasteiger partial charge in [-0.1, -0.05) is 31.2 Å². The van der Waals surface area contributed by atoms with Crippen LogP contribution in [0, 0.1) is 5.82 Å². The first-order chi connectivity index (χ1) is 10.0. The highest BCUT2D eigenvalue weighted by Crippen LogP contribution is 2.30. The second-order valence-electron chi connectivity index (χ2n) is 5.07. The molecule has 2 N–H and O–H groups in total. The lowest BCUT2D eigenvalue weighted by atomic mass is 10.1. The monoisotopic (exact) mass is 288 g/mol. The normalized spacial score (nSPS) is 10.5. The number of rotatable bonds is 5. The second kappa shape index (κ2) is 6.48. The molecule has 0 fully saturated rings. The topological polar surface area (TPSA) is 38.5 Å². The summed E-state index contributed by atoms with van der Waals surface area (Å²) in [6.07, 6.45) is 1.01. The summed E-state index contributed by atoms with van der Waals surface area (Å²) in [6, 6.07) is 11.3. The van der Waals surface area contributed by atoms with Gasteiger partial charge >= 0.3 is 0 Å². The standard InChI is InChI=1S/C17H21FN2O/c1-4-12-5-7-13(8-6-12)11-20(2)16-10-17(21-3)15(19)9-14(16)18/h5-10H,4,11,19H2,1-3H3. The van der Waals surface area contributed by atoms with E-state index in [9.17, 15) is 4.39 Å². The lowest BCUT2D eigenvalue weighted by molar-refractivity contribution is 0.416. The van der Waals surface area contributed by atoms with Crippen molar-refractivity contribution < 1.29 is 9.13 Å². The number of methoxy groups -OCH3 is 1. The van der Waals surface area contributed by atoms with Gasteiger partial charge in [0.05, 0.1) is 18.5 Å². The van der Waals surface area contributed by atoms with Crippen LogP contribution in [0.15, 0.2) is 36.4 Å². The van der Waals surface area contributed by atoms with Crippen LogP contribution >= 0.6 is 0 Å². The minimum absolute atomic E-state index is 0.305. The van der Waals surface area contributed by atoms with Gasteiger partial charge in [0.1, 0.15) is 11.6 Å². The first kappa shape index (κ1) is 15.2. The van der Waals surface area contributed by atoms with E-state index in [1.807, 2.05) is 11.9 Å². The summed E-state index contributed by atoms with van der Waals surface area (Å²) in [5.41, 5.74) is 8.90. The number of benzene rings is 2. The molecule has 0 unspecified atom stereocenters. The third kappa shape index (κ3) is 3.45. The molecular weight excluding hydrogens is 267 g/mol. The highest BCUT2D eigenvalue weighted by Gasteiger charge is 2.12. The minimum atomic E-state index is -0.346. The molecule has 0 spiro atoms. The summed E-state index contributed by atoms with van der Waals surface area (Å²) in [5, 5.41) is 0. The number of anilines is 2. The molecule has 0 aliphatic rings. The van der Waals surface area contributed by atoms with Crippen molar-refractivity contribution in [1.29, 1.82) is 0 Å². The van der Waals surface area contributed by atoms with Crippen molar-refractivity contribution in [2.75, 3.05) is 24.8 Å². The van der Waals surface area contributed by atoms with Crippen molar-refractivity contribution in [3.8, 4) is 5.75 Å². The Balaban J connectivity index is 2.21. The number of nitrogen functional groups attached to an aromatic ring is 1. The Bertz CT molecular complexity index is 611. The summed E-state index contributed by atoms with van der Waals surface area (Å²) in [5.74, 6) is 0.139. The van der Waals surface area contributed by atoms with E-state index < -0.39 is 0 Å². The van der Waals surface area contributed by atoms with Crippen LogP contribution in [0.5, 0.6) is 5.75 Å². The molecule has 0 heterocycles. The Morgan fingerprint density at radius 1 is 1.14 bits per heavy atom. The first-order valence-corrected chi connectivity index (χ1v) is 6.97. The summed E-state index contributed by atoms with van der Waals surface area (Å²) in [7, 11) is 3.37. The molecule has 0 atom stereocenters. The first-order valence-electron chi connectivity index (χ1n) is 6.97. The minimum Gasteiger partial charge on any atom is -0.495 e. The highest BCUT2D eigenvalue weighted by atomic mass is 19.1. The van der Waals surface area contributed by atoms with Gasteiger partial charge in [-0.05, 0) is 17.5 Å². The van der Waals surface area contributed by atoms with E-state index in [4.69, 9.17) is 10.5 Å². The largest absolute Gasteiger partial charge is 0.495 e. The molecular formula is C17H21FN2O. The Labute approximate surface area is 125 Å². The average Bonchev–Trinajstić information content (AvgIpc) is 2.48. The fourth-order valence-electron chi connectivity index (χ4n) is 2.27. The molecule has 0 bridgehead atoms. The molecule has 0 saturated heterocycles. The Morgan fingerprint density at radius 2 is 1.76 bits per heavy atom. The second-order valence-corrected chi connectivity index (χ2v) is 5.07. The number of nitrogens with two attached hydrogens (primary N) is 1. The van der Waals surface area contributed by atoms with E-state index in [1.54, 1.807) is 6.07 Å². The van der Waals surface area contributed by atoms with Crippen LogP contribution in [0.1, 0.15) is 18.1 Å². The van der Waals surface area contributed by atoms with E-state index in [0.29, 0.717) is 23.7 Å². The number of aryl methyl sites for hydroxylation is 1. The van der Waals surface area contributed by atoms with Crippen LogP contribution in [-0.4, -0.2) is 14.2 Å². The quantitative estimate of drug-likeness (QED) is 0.854. The van der Waals surface area contributed by atoms with Crippen LogP contribution in [0.3, 0.4) is 0 Å². The number of ether oxygens (including phenoxy) is 1. The van der Waals surface area contributed by atoms with E-state index in [2.05, 4.69) is 31.2 Å². The zero-order valence-electron chi connectivity index (χ0n) is 12.7. The summed E-state index contributed by atoms with van der Waals surface area (Å²) >= 11 is 0. The lowest BCUT2D eigenvalue weighted by Crippen LogP contribution is -2.18. The van der Waals surface area contributed by atoms with Crippen LogP contribution in [0.2, 0.25) is 0 Å². The van der Waals surface area contributed by atoms with Crippen LogP contribution in [-0.2, 0) is 13.0 Å². The maximum Gasteiger partial charge on any atom is 0.148 e. The van der Waals surface area contributed by atoms with E-state index in [-0.39, 0.29) is 5.82 Å². The molecule has 0 aromatic heterocycles. The van der Waals surface area contributed by atoms with E-state index in [0.717, 1.165) is 12.0 Å². The third-order valence-electron chi connectivity index (χ3n) is 3.56. The van der Waals surface area contributed by atoms with Crippen molar-refractivity contribution >= 4 is 11.4 Å². The molecule has 0 aliphatic heterocycles. The molecule has 112 valence electrons. The van der Waals surface area contributed by atoms with Gasteiger partial charge in [0, 0.05) is 25.7 Å². The Hall–Kier alpha value is -2.23. The predicted molar refractivity (Wildman–Crippen MR) is 85.3 cm³/mol. The lowest BCUT2D eigenvalue weighted by Gasteiger charge is -2.21. The maximum absolute atomic E-state index is 14.1. The van der Waals surface area contributed by atoms with Crippen molar-refractivity contribution in [2.45, 2.75) is 19.9 Å². The average molecular weight is 288 g/mol. The number of halogens is 1. The van der Waals surface area contributed by atoms with Gasteiger partial charge < -0.3 is 15.4 Å². The molecule has 3 nitrogen and oxygen atoms in total.